The van der Waals surface area contributed by atoms with Crippen LogP contribution in [-0.2, 0) is 9.47 Å². The van der Waals surface area contributed by atoms with E-state index in [1.165, 1.54) is 12.3 Å². The lowest BCUT2D eigenvalue weighted by Crippen LogP contribution is -2.34. The SMILES string of the molecule is COC1COC2C=CC([N+](=O)[O-])=CN21. The van der Waals surface area contributed by atoms with Crippen molar-refractivity contribution in [3.8, 4) is 0 Å². The Balaban J connectivity index is 2.21. The van der Waals surface area contributed by atoms with Crippen LogP contribution in [0.25, 0.3) is 0 Å². The Morgan fingerprint density at radius 3 is 3.21 bits per heavy atom. The molecule has 0 amide bonds. The molecule has 2 aliphatic heterocycles. The van der Waals surface area contributed by atoms with Gasteiger partial charge in [0.1, 0.15) is 0 Å². The van der Waals surface area contributed by atoms with Crippen LogP contribution >= 0.6 is 0 Å². The van der Waals surface area contributed by atoms with Crippen molar-refractivity contribution in [1.82, 2.24) is 4.90 Å². The number of nitrogens with zero attached hydrogens (tertiary/aromatic N) is 2. The number of methoxy groups -OCH3 is 1. The lowest BCUT2D eigenvalue weighted by Gasteiger charge is -2.24. The van der Waals surface area contributed by atoms with E-state index >= 15 is 0 Å². The Hall–Kier alpha value is -1.40. The molecule has 2 aliphatic rings. The van der Waals surface area contributed by atoms with Crippen molar-refractivity contribution < 1.29 is 14.4 Å². The summed E-state index contributed by atoms with van der Waals surface area (Å²) in [4.78, 5) is 11.8. The molecule has 0 radical (unpaired) electrons. The van der Waals surface area contributed by atoms with Gasteiger partial charge in [-0.05, 0) is 6.08 Å². The van der Waals surface area contributed by atoms with E-state index in [1.54, 1.807) is 18.1 Å². The molecule has 0 aromatic rings. The van der Waals surface area contributed by atoms with Gasteiger partial charge in [-0.2, -0.15) is 0 Å². The third kappa shape index (κ3) is 1.38. The largest absolute Gasteiger partial charge is 0.359 e. The Morgan fingerprint density at radius 1 is 1.79 bits per heavy atom. The lowest BCUT2D eigenvalue weighted by atomic mass is 10.3. The van der Waals surface area contributed by atoms with Gasteiger partial charge in [0.05, 0.1) is 17.7 Å². The van der Waals surface area contributed by atoms with Gasteiger partial charge in [-0.15, -0.1) is 0 Å². The van der Waals surface area contributed by atoms with Crippen LogP contribution in [0.4, 0.5) is 0 Å². The highest BCUT2D eigenvalue weighted by molar-refractivity contribution is 5.18. The average molecular weight is 198 g/mol. The second-order valence-electron chi connectivity index (χ2n) is 3.03. The molecule has 6 heteroatoms. The molecule has 0 saturated carbocycles. The van der Waals surface area contributed by atoms with E-state index in [-0.39, 0.29) is 18.2 Å². The van der Waals surface area contributed by atoms with Crippen LogP contribution < -0.4 is 0 Å². The molecule has 2 heterocycles. The van der Waals surface area contributed by atoms with Gasteiger partial charge >= 0.3 is 0 Å². The van der Waals surface area contributed by atoms with Crippen LogP contribution in [0, 0.1) is 10.1 Å². The van der Waals surface area contributed by atoms with E-state index in [1.807, 2.05) is 0 Å². The van der Waals surface area contributed by atoms with E-state index in [0.29, 0.717) is 6.61 Å². The van der Waals surface area contributed by atoms with E-state index in [4.69, 9.17) is 9.47 Å². The number of nitro groups is 1. The molecule has 2 unspecified atom stereocenters. The molecule has 0 aliphatic carbocycles. The van der Waals surface area contributed by atoms with Crippen molar-refractivity contribution in [1.29, 1.82) is 0 Å². The standard InChI is InChI=1S/C8H10N2O4/c1-13-8-5-14-7-3-2-6(10(11)12)4-9(7)8/h2-4,7-8H,5H2,1H3. The summed E-state index contributed by atoms with van der Waals surface area (Å²) >= 11 is 0. The van der Waals surface area contributed by atoms with Crippen molar-refractivity contribution in [2.24, 2.45) is 0 Å². The number of hydrogen-bond donors (Lipinski definition) is 0. The molecular formula is C8H10N2O4. The molecule has 76 valence electrons. The highest BCUT2D eigenvalue weighted by Gasteiger charge is 2.34. The van der Waals surface area contributed by atoms with Crippen LogP contribution in [0.15, 0.2) is 24.0 Å². The number of allylic oxidation sites excluding steroid dienone is 1. The van der Waals surface area contributed by atoms with Gasteiger partial charge in [0.2, 0.25) is 0 Å². The minimum Gasteiger partial charge on any atom is -0.359 e. The van der Waals surface area contributed by atoms with Crippen molar-refractivity contribution in [3.63, 3.8) is 0 Å². The van der Waals surface area contributed by atoms with Crippen LogP contribution in [0.5, 0.6) is 0 Å². The maximum atomic E-state index is 10.5. The van der Waals surface area contributed by atoms with Crippen LogP contribution in [-0.4, -0.2) is 36.0 Å². The Bertz CT molecular complexity index is 312. The zero-order valence-electron chi connectivity index (χ0n) is 7.62. The highest BCUT2D eigenvalue weighted by atomic mass is 16.6. The van der Waals surface area contributed by atoms with Crippen molar-refractivity contribution in [2.75, 3.05) is 13.7 Å². The monoisotopic (exact) mass is 198 g/mol. The number of rotatable bonds is 2. The smallest absolute Gasteiger partial charge is 0.285 e. The van der Waals surface area contributed by atoms with Crippen LogP contribution in [0.2, 0.25) is 0 Å². The maximum Gasteiger partial charge on any atom is 0.285 e. The topological polar surface area (TPSA) is 64.8 Å². The minimum absolute atomic E-state index is 0.0498. The van der Waals surface area contributed by atoms with Gasteiger partial charge in [-0.1, -0.05) is 0 Å². The molecule has 0 N–H and O–H groups in total. The van der Waals surface area contributed by atoms with E-state index < -0.39 is 4.92 Å². The van der Waals surface area contributed by atoms with Gasteiger partial charge < -0.3 is 14.4 Å². The molecule has 6 nitrogen and oxygen atoms in total. The summed E-state index contributed by atoms with van der Waals surface area (Å²) in [7, 11) is 1.55. The molecular weight excluding hydrogens is 188 g/mol. The predicted octanol–water partition coefficient (Wildman–Crippen LogP) is 0.305. The summed E-state index contributed by atoms with van der Waals surface area (Å²) in [5.41, 5.74) is 0.0498. The molecule has 2 atom stereocenters. The average Bonchev–Trinajstić information content (AvgIpc) is 2.59. The van der Waals surface area contributed by atoms with E-state index in [0.717, 1.165) is 0 Å². The molecule has 1 fully saturated rings. The first kappa shape index (κ1) is 9.17. The molecule has 0 bridgehead atoms. The van der Waals surface area contributed by atoms with Crippen LogP contribution in [0.3, 0.4) is 0 Å². The summed E-state index contributed by atoms with van der Waals surface area (Å²) in [6.45, 7) is 0.424. The first-order valence-electron chi connectivity index (χ1n) is 4.18. The Labute approximate surface area is 80.5 Å². The molecule has 0 aromatic carbocycles. The van der Waals surface area contributed by atoms with E-state index in [9.17, 15) is 10.1 Å². The maximum absolute atomic E-state index is 10.5. The summed E-state index contributed by atoms with van der Waals surface area (Å²) in [6, 6.07) is 0. The van der Waals surface area contributed by atoms with Crippen molar-refractivity contribution >= 4 is 0 Å². The number of hydrogen-bond acceptors (Lipinski definition) is 5. The summed E-state index contributed by atoms with van der Waals surface area (Å²) in [6.07, 6.45) is 4.07. The lowest BCUT2D eigenvalue weighted by molar-refractivity contribution is -0.420. The second kappa shape index (κ2) is 3.39. The van der Waals surface area contributed by atoms with Crippen molar-refractivity contribution in [3.05, 3.63) is 34.2 Å². The van der Waals surface area contributed by atoms with Gasteiger partial charge in [0, 0.05) is 13.2 Å². The van der Waals surface area contributed by atoms with Gasteiger partial charge in [-0.25, -0.2) is 0 Å². The zero-order chi connectivity index (χ0) is 10.1. The Morgan fingerprint density at radius 2 is 2.57 bits per heavy atom. The highest BCUT2D eigenvalue weighted by Crippen LogP contribution is 2.24. The molecule has 0 aromatic heterocycles. The third-order valence-electron chi connectivity index (χ3n) is 2.23. The fraction of sp³-hybridized carbons (Fsp3) is 0.500. The van der Waals surface area contributed by atoms with Crippen molar-refractivity contribution in [2.45, 2.75) is 12.5 Å². The summed E-state index contributed by atoms with van der Waals surface area (Å²) < 4.78 is 10.4. The number of ether oxygens (including phenoxy) is 2. The van der Waals surface area contributed by atoms with Gasteiger partial charge in [0.25, 0.3) is 5.70 Å². The molecule has 0 spiro atoms. The third-order valence-corrected chi connectivity index (χ3v) is 2.23. The Kier molecular flexibility index (Phi) is 2.22. The molecule has 14 heavy (non-hydrogen) atoms. The second-order valence-corrected chi connectivity index (χ2v) is 3.03. The van der Waals surface area contributed by atoms with Gasteiger partial charge in [-0.3, -0.25) is 10.1 Å². The van der Waals surface area contributed by atoms with E-state index in [2.05, 4.69) is 0 Å². The van der Waals surface area contributed by atoms with Crippen LogP contribution in [0.1, 0.15) is 0 Å². The fourth-order valence-corrected chi connectivity index (χ4v) is 1.50. The quantitative estimate of drug-likeness (QED) is 0.471. The predicted molar refractivity (Wildman–Crippen MR) is 46.6 cm³/mol. The molecule has 2 rings (SSSR count). The molecule has 1 saturated heterocycles. The fourth-order valence-electron chi connectivity index (χ4n) is 1.50. The minimum atomic E-state index is -0.433. The van der Waals surface area contributed by atoms with Gasteiger partial charge in [0.15, 0.2) is 12.5 Å². The summed E-state index contributed by atoms with van der Waals surface area (Å²) in [5.74, 6) is 0. The first-order valence-corrected chi connectivity index (χ1v) is 4.18. The number of fused-ring (bicyclic) bond motifs is 1. The summed E-state index contributed by atoms with van der Waals surface area (Å²) in [5, 5.41) is 10.5. The first-order chi connectivity index (χ1) is 6.72. The normalized spacial score (nSPS) is 30.1. The zero-order valence-corrected chi connectivity index (χ0v) is 7.62.